The van der Waals surface area contributed by atoms with E-state index in [1.165, 1.54) is 18.4 Å². The number of ether oxygens (including phenoxy) is 3. The predicted molar refractivity (Wildman–Crippen MR) is 106 cm³/mol. The van der Waals surface area contributed by atoms with Crippen LogP contribution in [0, 0.1) is 0 Å². The monoisotopic (exact) mass is 386 g/mol. The maximum atomic E-state index is 12.9. The summed E-state index contributed by atoms with van der Waals surface area (Å²) >= 11 is 1.47. The normalized spacial score (nSPS) is 11.6. The Morgan fingerprint density at radius 2 is 1.85 bits per heavy atom. The van der Waals surface area contributed by atoms with Crippen molar-refractivity contribution in [3.63, 3.8) is 0 Å². The highest BCUT2D eigenvalue weighted by Crippen LogP contribution is 2.28. The number of hydrogen-bond donors (Lipinski definition) is 0. The summed E-state index contributed by atoms with van der Waals surface area (Å²) in [4.78, 5) is 17.9. The van der Waals surface area contributed by atoms with E-state index < -0.39 is 0 Å². The summed E-state index contributed by atoms with van der Waals surface area (Å²) in [7, 11) is 4.74. The number of carbonyl (C=O) groups excluding carboxylic acids is 1. The molecule has 0 unspecified atom stereocenters. The molecule has 0 aliphatic heterocycles. The Kier molecular flexibility index (Phi) is 5.81. The van der Waals surface area contributed by atoms with Gasteiger partial charge in [0.25, 0.3) is 5.91 Å². The second kappa shape index (κ2) is 8.26. The Bertz CT molecular complexity index is 1040. The van der Waals surface area contributed by atoms with E-state index in [1.807, 2.05) is 22.8 Å². The molecular formula is C20H22N2O4S. The van der Waals surface area contributed by atoms with Crippen LogP contribution in [-0.4, -0.2) is 31.8 Å². The second-order valence-corrected chi connectivity index (χ2v) is 6.84. The first-order valence-electron chi connectivity index (χ1n) is 8.60. The Balaban J connectivity index is 2.16. The van der Waals surface area contributed by atoms with Crippen molar-refractivity contribution in [1.82, 2.24) is 4.57 Å². The zero-order valence-corrected chi connectivity index (χ0v) is 16.6. The second-order valence-electron chi connectivity index (χ2n) is 5.83. The van der Waals surface area contributed by atoms with Crippen molar-refractivity contribution in [2.24, 2.45) is 4.99 Å². The molecule has 0 spiro atoms. The van der Waals surface area contributed by atoms with Crippen LogP contribution in [0.1, 0.15) is 23.7 Å². The number of rotatable bonds is 6. The molecule has 0 radical (unpaired) electrons. The van der Waals surface area contributed by atoms with Crippen LogP contribution in [0.25, 0.3) is 10.2 Å². The SMILES string of the molecule is CCCn1c(=NC(=O)c2ccc(OC)cc2OC)sc2cccc(OC)c21. The van der Waals surface area contributed by atoms with Gasteiger partial charge in [-0.15, -0.1) is 0 Å². The number of carbonyl (C=O) groups is 1. The average molecular weight is 386 g/mol. The molecule has 2 aromatic carbocycles. The first kappa shape index (κ1) is 19.0. The Labute approximate surface area is 161 Å². The Hall–Kier alpha value is -2.80. The molecule has 1 heterocycles. The van der Waals surface area contributed by atoms with Gasteiger partial charge in [0, 0.05) is 12.6 Å². The lowest BCUT2D eigenvalue weighted by atomic mass is 10.2. The lowest BCUT2D eigenvalue weighted by molar-refractivity contribution is 0.0995. The minimum absolute atomic E-state index is 0.357. The van der Waals surface area contributed by atoms with Gasteiger partial charge in [0.1, 0.15) is 22.8 Å². The maximum Gasteiger partial charge on any atom is 0.283 e. The molecule has 7 heteroatoms. The number of nitrogens with zero attached hydrogens (tertiary/aromatic N) is 2. The van der Waals surface area contributed by atoms with Gasteiger partial charge in [-0.05, 0) is 30.7 Å². The summed E-state index contributed by atoms with van der Waals surface area (Å²) in [6, 6.07) is 10.9. The van der Waals surface area contributed by atoms with E-state index >= 15 is 0 Å². The van der Waals surface area contributed by atoms with E-state index in [-0.39, 0.29) is 5.91 Å². The van der Waals surface area contributed by atoms with Gasteiger partial charge in [0.05, 0.1) is 31.6 Å². The number of thiazole rings is 1. The molecular weight excluding hydrogens is 364 g/mol. The summed E-state index contributed by atoms with van der Waals surface area (Å²) in [5.41, 5.74) is 1.35. The quantitative estimate of drug-likeness (QED) is 0.645. The molecule has 142 valence electrons. The fourth-order valence-corrected chi connectivity index (χ4v) is 3.97. The number of benzene rings is 2. The smallest absolute Gasteiger partial charge is 0.283 e. The summed E-state index contributed by atoms with van der Waals surface area (Å²) < 4.78 is 19.1. The zero-order chi connectivity index (χ0) is 19.4. The zero-order valence-electron chi connectivity index (χ0n) is 15.8. The van der Waals surface area contributed by atoms with Gasteiger partial charge in [-0.2, -0.15) is 4.99 Å². The van der Waals surface area contributed by atoms with Gasteiger partial charge >= 0.3 is 0 Å². The number of para-hydroxylation sites is 1. The van der Waals surface area contributed by atoms with Crippen molar-refractivity contribution in [3.8, 4) is 17.2 Å². The number of aryl methyl sites for hydroxylation is 1. The molecule has 1 amide bonds. The van der Waals surface area contributed by atoms with Crippen molar-refractivity contribution in [2.45, 2.75) is 19.9 Å². The van der Waals surface area contributed by atoms with E-state index in [0.717, 1.165) is 28.9 Å². The Morgan fingerprint density at radius 1 is 1.07 bits per heavy atom. The fraction of sp³-hybridized carbons (Fsp3) is 0.300. The van der Waals surface area contributed by atoms with E-state index in [0.29, 0.717) is 21.9 Å². The highest BCUT2D eigenvalue weighted by atomic mass is 32.1. The van der Waals surface area contributed by atoms with Crippen molar-refractivity contribution in [2.75, 3.05) is 21.3 Å². The highest BCUT2D eigenvalue weighted by molar-refractivity contribution is 7.16. The van der Waals surface area contributed by atoms with Gasteiger partial charge in [-0.25, -0.2) is 0 Å². The third kappa shape index (κ3) is 3.68. The molecule has 0 saturated heterocycles. The highest BCUT2D eigenvalue weighted by Gasteiger charge is 2.15. The molecule has 0 N–H and O–H groups in total. The standard InChI is InChI=1S/C20H22N2O4S/c1-5-11-22-18-15(25-3)7-6-8-17(18)27-20(22)21-19(23)14-10-9-13(24-2)12-16(14)26-4/h6-10,12H,5,11H2,1-4H3. The summed E-state index contributed by atoms with van der Waals surface area (Å²) in [6.07, 6.45) is 0.914. The van der Waals surface area contributed by atoms with Crippen LogP contribution in [0.4, 0.5) is 0 Å². The van der Waals surface area contributed by atoms with Crippen molar-refractivity contribution in [1.29, 1.82) is 0 Å². The number of amides is 1. The molecule has 3 rings (SSSR count). The van der Waals surface area contributed by atoms with Crippen LogP contribution in [0.3, 0.4) is 0 Å². The van der Waals surface area contributed by atoms with E-state index in [2.05, 4.69) is 11.9 Å². The minimum atomic E-state index is -0.357. The van der Waals surface area contributed by atoms with Crippen LogP contribution in [0.5, 0.6) is 17.2 Å². The lowest BCUT2D eigenvalue weighted by Gasteiger charge is -2.08. The number of hydrogen-bond acceptors (Lipinski definition) is 5. The molecule has 27 heavy (non-hydrogen) atoms. The molecule has 0 aliphatic carbocycles. The third-order valence-electron chi connectivity index (χ3n) is 4.17. The van der Waals surface area contributed by atoms with Gasteiger partial charge in [-0.1, -0.05) is 24.3 Å². The molecule has 0 aliphatic rings. The first-order chi connectivity index (χ1) is 13.1. The van der Waals surface area contributed by atoms with E-state index in [9.17, 15) is 4.79 Å². The van der Waals surface area contributed by atoms with Crippen LogP contribution in [0.15, 0.2) is 41.4 Å². The van der Waals surface area contributed by atoms with Crippen molar-refractivity contribution in [3.05, 3.63) is 46.8 Å². The third-order valence-corrected chi connectivity index (χ3v) is 5.21. The molecule has 3 aromatic rings. The van der Waals surface area contributed by atoms with Crippen molar-refractivity contribution >= 4 is 27.5 Å². The molecule has 1 aromatic heterocycles. The number of aromatic nitrogens is 1. The van der Waals surface area contributed by atoms with Gasteiger partial charge in [-0.3, -0.25) is 4.79 Å². The molecule has 0 saturated carbocycles. The molecule has 0 bridgehead atoms. The van der Waals surface area contributed by atoms with Crippen LogP contribution < -0.4 is 19.0 Å². The van der Waals surface area contributed by atoms with Crippen LogP contribution >= 0.6 is 11.3 Å². The number of fused-ring (bicyclic) bond motifs is 1. The average Bonchev–Trinajstić information content (AvgIpc) is 3.04. The maximum absolute atomic E-state index is 12.9. The predicted octanol–water partition coefficient (Wildman–Crippen LogP) is 3.88. The topological polar surface area (TPSA) is 62.1 Å². The van der Waals surface area contributed by atoms with Gasteiger partial charge in [0.15, 0.2) is 4.80 Å². The molecule has 0 fully saturated rings. The van der Waals surface area contributed by atoms with Crippen LogP contribution in [0.2, 0.25) is 0 Å². The summed E-state index contributed by atoms with van der Waals surface area (Å²) in [6.45, 7) is 2.83. The minimum Gasteiger partial charge on any atom is -0.497 e. The molecule has 6 nitrogen and oxygen atoms in total. The largest absolute Gasteiger partial charge is 0.497 e. The molecule has 0 atom stereocenters. The summed E-state index contributed by atoms with van der Waals surface area (Å²) in [5, 5.41) is 0. The Morgan fingerprint density at radius 3 is 2.52 bits per heavy atom. The number of methoxy groups -OCH3 is 3. The lowest BCUT2D eigenvalue weighted by Crippen LogP contribution is -2.17. The summed E-state index contributed by atoms with van der Waals surface area (Å²) in [5.74, 6) is 1.47. The van der Waals surface area contributed by atoms with E-state index in [1.54, 1.807) is 32.4 Å². The van der Waals surface area contributed by atoms with Gasteiger partial charge in [0.2, 0.25) is 0 Å². The van der Waals surface area contributed by atoms with Crippen molar-refractivity contribution < 1.29 is 19.0 Å². The van der Waals surface area contributed by atoms with E-state index in [4.69, 9.17) is 14.2 Å². The fourth-order valence-electron chi connectivity index (χ4n) is 2.90. The van der Waals surface area contributed by atoms with Crippen LogP contribution in [-0.2, 0) is 6.54 Å². The van der Waals surface area contributed by atoms with Gasteiger partial charge < -0.3 is 18.8 Å². The first-order valence-corrected chi connectivity index (χ1v) is 9.42.